The predicted octanol–water partition coefficient (Wildman–Crippen LogP) is 2.98. The van der Waals surface area contributed by atoms with Crippen LogP contribution in [0.3, 0.4) is 0 Å². The number of piperidine rings is 1. The van der Waals surface area contributed by atoms with Crippen molar-refractivity contribution in [3.8, 4) is 0 Å². The van der Waals surface area contributed by atoms with Crippen LogP contribution in [0.4, 0.5) is 10.5 Å². The molecule has 22 heavy (non-hydrogen) atoms. The first-order valence-corrected chi connectivity index (χ1v) is 7.79. The van der Waals surface area contributed by atoms with Gasteiger partial charge in [-0.05, 0) is 37.5 Å². The number of carbonyl (C=O) groups excluding carboxylic acids is 2. The third-order valence-electron chi connectivity index (χ3n) is 3.90. The van der Waals surface area contributed by atoms with Gasteiger partial charge in [0.05, 0.1) is 5.92 Å². The second-order valence-electron chi connectivity index (χ2n) is 5.91. The molecule has 3 amide bonds. The molecule has 0 radical (unpaired) electrons. The Morgan fingerprint density at radius 2 is 2.09 bits per heavy atom. The Labute approximate surface area is 136 Å². The highest BCUT2D eigenvalue weighted by Crippen LogP contribution is 2.23. The van der Waals surface area contributed by atoms with Crippen LogP contribution in [0.5, 0.6) is 0 Å². The number of halogens is 1. The van der Waals surface area contributed by atoms with Crippen molar-refractivity contribution < 1.29 is 9.59 Å². The van der Waals surface area contributed by atoms with Crippen LogP contribution in [0.2, 0.25) is 5.02 Å². The number of rotatable bonds is 2. The van der Waals surface area contributed by atoms with Crippen LogP contribution in [0.25, 0.3) is 0 Å². The first-order valence-electron chi connectivity index (χ1n) is 7.41. The molecular weight excluding hydrogens is 302 g/mol. The quantitative estimate of drug-likeness (QED) is 0.909. The number of hydrogen-bond donors (Lipinski definition) is 1. The number of anilines is 1. The van der Waals surface area contributed by atoms with Crippen molar-refractivity contribution >= 4 is 29.2 Å². The zero-order valence-corrected chi connectivity index (χ0v) is 14.0. The number of amides is 3. The van der Waals surface area contributed by atoms with Gasteiger partial charge >= 0.3 is 6.03 Å². The Bertz CT molecular complexity index is 575. The third-order valence-corrected chi connectivity index (χ3v) is 4.14. The molecule has 1 unspecified atom stereocenters. The minimum Gasteiger partial charge on any atom is -0.331 e. The third kappa shape index (κ3) is 3.91. The van der Waals surface area contributed by atoms with Crippen molar-refractivity contribution in [3.63, 3.8) is 0 Å². The predicted molar refractivity (Wildman–Crippen MR) is 88.2 cm³/mol. The highest BCUT2D eigenvalue weighted by atomic mass is 35.5. The molecule has 1 saturated heterocycles. The molecule has 5 nitrogen and oxygen atoms in total. The molecule has 0 saturated carbocycles. The monoisotopic (exact) mass is 323 g/mol. The fraction of sp³-hybridized carbons (Fsp3) is 0.500. The number of aryl methyl sites for hydroxylation is 1. The highest BCUT2D eigenvalue weighted by molar-refractivity contribution is 6.31. The molecule has 1 aliphatic rings. The van der Waals surface area contributed by atoms with Crippen molar-refractivity contribution in [2.75, 3.05) is 32.5 Å². The van der Waals surface area contributed by atoms with Gasteiger partial charge in [0.15, 0.2) is 0 Å². The topological polar surface area (TPSA) is 52.7 Å². The Balaban J connectivity index is 2.03. The van der Waals surface area contributed by atoms with Crippen LogP contribution in [-0.2, 0) is 4.79 Å². The van der Waals surface area contributed by atoms with Crippen LogP contribution in [-0.4, -0.2) is 48.9 Å². The van der Waals surface area contributed by atoms with E-state index >= 15 is 0 Å². The lowest BCUT2D eigenvalue weighted by molar-refractivity contribution is -0.121. The summed E-state index contributed by atoms with van der Waals surface area (Å²) in [5, 5.41) is 3.53. The van der Waals surface area contributed by atoms with E-state index in [4.69, 9.17) is 11.6 Å². The maximum Gasteiger partial charge on any atom is 0.319 e. The summed E-state index contributed by atoms with van der Waals surface area (Å²) in [6.45, 7) is 3.09. The lowest BCUT2D eigenvalue weighted by Crippen LogP contribution is -2.47. The largest absolute Gasteiger partial charge is 0.331 e. The zero-order valence-electron chi connectivity index (χ0n) is 13.2. The fourth-order valence-corrected chi connectivity index (χ4v) is 2.78. The van der Waals surface area contributed by atoms with E-state index in [1.807, 2.05) is 13.0 Å². The van der Waals surface area contributed by atoms with Gasteiger partial charge in [0.1, 0.15) is 0 Å². The van der Waals surface area contributed by atoms with Gasteiger partial charge in [0.2, 0.25) is 5.91 Å². The molecule has 0 spiro atoms. The standard InChI is InChI=1S/C16H22ClN3O2/c1-11-6-7-13(17)9-14(11)18-15(21)12-5-4-8-20(10-12)16(22)19(2)3/h6-7,9,12H,4-5,8,10H2,1-3H3,(H,18,21). The summed E-state index contributed by atoms with van der Waals surface area (Å²) in [5.41, 5.74) is 1.70. The van der Waals surface area contributed by atoms with Crippen molar-refractivity contribution in [3.05, 3.63) is 28.8 Å². The Morgan fingerprint density at radius 3 is 2.77 bits per heavy atom. The summed E-state index contributed by atoms with van der Waals surface area (Å²) in [7, 11) is 3.45. The molecule has 6 heteroatoms. The van der Waals surface area contributed by atoms with E-state index in [9.17, 15) is 9.59 Å². The SMILES string of the molecule is Cc1ccc(Cl)cc1NC(=O)C1CCCN(C(=O)N(C)C)C1. The Morgan fingerprint density at radius 1 is 1.36 bits per heavy atom. The number of nitrogens with zero attached hydrogens (tertiary/aromatic N) is 2. The van der Waals surface area contributed by atoms with Gasteiger partial charge < -0.3 is 15.1 Å². The van der Waals surface area contributed by atoms with Gasteiger partial charge in [-0.3, -0.25) is 4.79 Å². The molecule has 2 rings (SSSR count). The summed E-state index contributed by atoms with van der Waals surface area (Å²) in [4.78, 5) is 27.8. The Kier molecular flexibility index (Phi) is 5.29. The van der Waals surface area contributed by atoms with E-state index in [2.05, 4.69) is 5.32 Å². The average Bonchev–Trinajstić information content (AvgIpc) is 2.50. The first kappa shape index (κ1) is 16.6. The van der Waals surface area contributed by atoms with Crippen LogP contribution >= 0.6 is 11.6 Å². The van der Waals surface area contributed by atoms with Crippen molar-refractivity contribution in [2.45, 2.75) is 19.8 Å². The number of likely N-dealkylation sites (tertiary alicyclic amines) is 1. The molecule has 1 aromatic carbocycles. The zero-order chi connectivity index (χ0) is 16.3. The Hall–Kier alpha value is -1.75. The van der Waals surface area contributed by atoms with E-state index in [-0.39, 0.29) is 17.9 Å². The van der Waals surface area contributed by atoms with Crippen LogP contribution in [0, 0.1) is 12.8 Å². The lowest BCUT2D eigenvalue weighted by Gasteiger charge is -2.33. The van der Waals surface area contributed by atoms with Gasteiger partial charge in [-0.1, -0.05) is 17.7 Å². The maximum absolute atomic E-state index is 12.5. The molecule has 1 aliphatic heterocycles. The first-order chi connectivity index (χ1) is 10.4. The number of urea groups is 1. The van der Waals surface area contributed by atoms with E-state index in [0.29, 0.717) is 18.1 Å². The summed E-state index contributed by atoms with van der Waals surface area (Å²) in [5.74, 6) is -0.238. The lowest BCUT2D eigenvalue weighted by atomic mass is 9.97. The molecule has 1 N–H and O–H groups in total. The number of nitrogens with one attached hydrogen (secondary N) is 1. The molecule has 1 aromatic rings. The molecule has 1 fully saturated rings. The molecule has 1 heterocycles. The van der Waals surface area contributed by atoms with E-state index in [1.54, 1.807) is 36.0 Å². The highest BCUT2D eigenvalue weighted by Gasteiger charge is 2.29. The summed E-state index contributed by atoms with van der Waals surface area (Å²) < 4.78 is 0. The minimum atomic E-state index is -0.184. The number of benzene rings is 1. The normalized spacial score (nSPS) is 18.0. The van der Waals surface area contributed by atoms with E-state index in [0.717, 1.165) is 24.1 Å². The number of carbonyl (C=O) groups is 2. The van der Waals surface area contributed by atoms with Crippen LogP contribution in [0.15, 0.2) is 18.2 Å². The van der Waals surface area contributed by atoms with Crippen molar-refractivity contribution in [1.29, 1.82) is 0 Å². The second-order valence-corrected chi connectivity index (χ2v) is 6.35. The molecule has 120 valence electrons. The van der Waals surface area contributed by atoms with E-state index < -0.39 is 0 Å². The fourth-order valence-electron chi connectivity index (χ4n) is 2.61. The van der Waals surface area contributed by atoms with Gasteiger partial charge in [0.25, 0.3) is 0 Å². The van der Waals surface area contributed by atoms with Gasteiger partial charge in [-0.2, -0.15) is 0 Å². The van der Waals surface area contributed by atoms with Crippen molar-refractivity contribution in [1.82, 2.24) is 9.80 Å². The second kappa shape index (κ2) is 7.01. The summed E-state index contributed by atoms with van der Waals surface area (Å²) in [6, 6.07) is 5.38. The summed E-state index contributed by atoms with van der Waals surface area (Å²) >= 11 is 5.98. The smallest absolute Gasteiger partial charge is 0.319 e. The van der Waals surface area contributed by atoms with Crippen molar-refractivity contribution in [2.24, 2.45) is 5.92 Å². The van der Waals surface area contributed by atoms with Gasteiger partial charge in [-0.15, -0.1) is 0 Å². The molecular formula is C16H22ClN3O2. The molecule has 0 aliphatic carbocycles. The van der Waals surface area contributed by atoms with Gasteiger partial charge in [-0.25, -0.2) is 4.79 Å². The molecule has 1 atom stereocenters. The van der Waals surface area contributed by atoms with E-state index in [1.165, 1.54) is 0 Å². The maximum atomic E-state index is 12.5. The van der Waals surface area contributed by atoms with Crippen LogP contribution < -0.4 is 5.32 Å². The molecule has 0 aromatic heterocycles. The van der Waals surface area contributed by atoms with Gasteiger partial charge in [0, 0.05) is 37.9 Å². The molecule has 0 bridgehead atoms. The summed E-state index contributed by atoms with van der Waals surface area (Å²) in [6.07, 6.45) is 1.63. The average molecular weight is 324 g/mol. The van der Waals surface area contributed by atoms with Crippen LogP contribution in [0.1, 0.15) is 18.4 Å². The number of hydrogen-bond acceptors (Lipinski definition) is 2. The minimum absolute atomic E-state index is 0.0450.